The van der Waals surface area contributed by atoms with Crippen molar-refractivity contribution in [2.75, 3.05) is 33.4 Å². The van der Waals surface area contributed by atoms with Crippen LogP contribution >= 0.6 is 12.4 Å². The number of fused-ring (bicyclic) bond motifs is 1. The molecule has 2 heterocycles. The molecule has 1 aromatic rings. The van der Waals surface area contributed by atoms with Gasteiger partial charge < -0.3 is 19.7 Å². The third-order valence-electron chi connectivity index (χ3n) is 3.93. The Balaban J connectivity index is 0.00000161. The molecule has 0 spiro atoms. The van der Waals surface area contributed by atoms with E-state index in [0.717, 1.165) is 31.7 Å². The van der Waals surface area contributed by atoms with E-state index in [1.807, 2.05) is 24.1 Å². The van der Waals surface area contributed by atoms with Crippen molar-refractivity contribution < 1.29 is 14.3 Å². The number of ether oxygens (including phenoxy) is 2. The third kappa shape index (κ3) is 3.41. The average Bonchev–Trinajstić information content (AvgIpc) is 2.54. The zero-order valence-electron chi connectivity index (χ0n) is 12.1. The Morgan fingerprint density at radius 2 is 2.05 bits per heavy atom. The highest BCUT2D eigenvalue weighted by Crippen LogP contribution is 2.31. The summed E-state index contributed by atoms with van der Waals surface area (Å²) in [7, 11) is 1.87. The topological polar surface area (TPSA) is 50.8 Å². The summed E-state index contributed by atoms with van der Waals surface area (Å²) in [6, 6.07) is 5.67. The molecule has 1 atom stereocenters. The van der Waals surface area contributed by atoms with E-state index < -0.39 is 0 Å². The van der Waals surface area contributed by atoms with E-state index in [9.17, 15) is 4.79 Å². The Hall–Kier alpha value is -1.46. The lowest BCUT2D eigenvalue weighted by Crippen LogP contribution is -2.46. The molecule has 0 unspecified atom stereocenters. The maximum Gasteiger partial charge on any atom is 0.254 e. The number of halogens is 1. The summed E-state index contributed by atoms with van der Waals surface area (Å²) < 4.78 is 11.0. The number of hydrogen-bond donors (Lipinski definition) is 1. The first kappa shape index (κ1) is 15.9. The molecule has 1 amide bonds. The van der Waals surface area contributed by atoms with Crippen molar-refractivity contribution in [2.45, 2.75) is 18.9 Å². The quantitative estimate of drug-likeness (QED) is 0.903. The van der Waals surface area contributed by atoms with Crippen molar-refractivity contribution >= 4 is 18.3 Å². The summed E-state index contributed by atoms with van der Waals surface area (Å²) >= 11 is 0. The smallest absolute Gasteiger partial charge is 0.254 e. The molecule has 6 heteroatoms. The summed E-state index contributed by atoms with van der Waals surface area (Å²) in [4.78, 5) is 14.4. The van der Waals surface area contributed by atoms with Gasteiger partial charge in [-0.1, -0.05) is 0 Å². The van der Waals surface area contributed by atoms with Gasteiger partial charge in [0.2, 0.25) is 0 Å². The van der Waals surface area contributed by atoms with Crippen LogP contribution in [0.3, 0.4) is 0 Å². The number of carbonyl (C=O) groups excluding carboxylic acids is 1. The maximum atomic E-state index is 12.5. The van der Waals surface area contributed by atoms with E-state index in [1.54, 1.807) is 6.07 Å². The second kappa shape index (κ2) is 7.00. The molecule has 1 fully saturated rings. The molecule has 3 rings (SSSR count). The summed E-state index contributed by atoms with van der Waals surface area (Å²) in [5.41, 5.74) is 0.655. The van der Waals surface area contributed by atoms with Crippen LogP contribution in [0.15, 0.2) is 18.2 Å². The van der Waals surface area contributed by atoms with Gasteiger partial charge in [-0.3, -0.25) is 4.79 Å². The second-order valence-corrected chi connectivity index (χ2v) is 5.27. The van der Waals surface area contributed by atoms with Gasteiger partial charge in [0.25, 0.3) is 5.91 Å². The van der Waals surface area contributed by atoms with E-state index in [0.29, 0.717) is 24.5 Å². The molecule has 0 radical (unpaired) electrons. The summed E-state index contributed by atoms with van der Waals surface area (Å²) in [6.45, 7) is 3.01. The predicted molar refractivity (Wildman–Crippen MR) is 82.7 cm³/mol. The van der Waals surface area contributed by atoms with Crippen LogP contribution in [-0.2, 0) is 0 Å². The van der Waals surface area contributed by atoms with E-state index in [4.69, 9.17) is 9.47 Å². The van der Waals surface area contributed by atoms with Crippen molar-refractivity contribution in [3.8, 4) is 11.5 Å². The minimum atomic E-state index is 0. The summed E-state index contributed by atoms with van der Waals surface area (Å²) in [5.74, 6) is 1.42. The van der Waals surface area contributed by atoms with Gasteiger partial charge in [0.05, 0.1) is 0 Å². The fourth-order valence-electron chi connectivity index (χ4n) is 2.71. The lowest BCUT2D eigenvalue weighted by atomic mass is 10.0. The van der Waals surface area contributed by atoms with Crippen molar-refractivity contribution in [1.29, 1.82) is 0 Å². The van der Waals surface area contributed by atoms with Gasteiger partial charge in [-0.25, -0.2) is 0 Å². The van der Waals surface area contributed by atoms with Crippen LogP contribution in [0.2, 0.25) is 0 Å². The van der Waals surface area contributed by atoms with Gasteiger partial charge in [-0.15, -0.1) is 12.4 Å². The van der Waals surface area contributed by atoms with E-state index in [2.05, 4.69) is 5.32 Å². The number of hydrogen-bond acceptors (Lipinski definition) is 4. The van der Waals surface area contributed by atoms with Gasteiger partial charge in [-0.05, 0) is 37.6 Å². The molecular weight excluding hydrogens is 292 g/mol. The fourth-order valence-corrected chi connectivity index (χ4v) is 2.71. The normalized spacial score (nSPS) is 20.3. The highest BCUT2D eigenvalue weighted by atomic mass is 35.5. The summed E-state index contributed by atoms with van der Waals surface area (Å²) in [5, 5.41) is 3.33. The molecule has 0 aromatic heterocycles. The Labute approximate surface area is 131 Å². The van der Waals surface area contributed by atoms with Crippen LogP contribution in [0.5, 0.6) is 11.5 Å². The van der Waals surface area contributed by atoms with Crippen LogP contribution in [-0.4, -0.2) is 50.2 Å². The molecular formula is C15H21ClN2O3. The second-order valence-electron chi connectivity index (χ2n) is 5.27. The van der Waals surface area contributed by atoms with Crippen molar-refractivity contribution in [1.82, 2.24) is 10.2 Å². The molecule has 2 aliphatic heterocycles. The number of benzene rings is 1. The van der Waals surface area contributed by atoms with Gasteiger partial charge in [0.1, 0.15) is 13.2 Å². The van der Waals surface area contributed by atoms with Gasteiger partial charge in [0.15, 0.2) is 11.5 Å². The van der Waals surface area contributed by atoms with Gasteiger partial charge in [-0.2, -0.15) is 0 Å². The predicted octanol–water partition coefficient (Wildman–Crippen LogP) is 1.70. The number of nitrogens with one attached hydrogen (secondary N) is 1. The molecule has 0 saturated carbocycles. The Bertz CT molecular complexity index is 504. The Morgan fingerprint density at radius 1 is 1.29 bits per heavy atom. The lowest BCUT2D eigenvalue weighted by Gasteiger charge is -2.32. The Kier molecular flexibility index (Phi) is 5.31. The largest absolute Gasteiger partial charge is 0.486 e. The average molecular weight is 313 g/mol. The Morgan fingerprint density at radius 3 is 2.76 bits per heavy atom. The lowest BCUT2D eigenvalue weighted by molar-refractivity contribution is 0.0707. The van der Waals surface area contributed by atoms with E-state index >= 15 is 0 Å². The van der Waals surface area contributed by atoms with Crippen LogP contribution in [0.25, 0.3) is 0 Å². The molecule has 21 heavy (non-hydrogen) atoms. The molecule has 1 N–H and O–H groups in total. The van der Waals surface area contributed by atoms with Crippen LogP contribution in [0.1, 0.15) is 23.2 Å². The molecule has 116 valence electrons. The minimum Gasteiger partial charge on any atom is -0.486 e. The molecule has 0 aliphatic carbocycles. The van der Waals surface area contributed by atoms with Crippen molar-refractivity contribution in [3.05, 3.63) is 23.8 Å². The molecule has 2 aliphatic rings. The van der Waals surface area contributed by atoms with Gasteiger partial charge >= 0.3 is 0 Å². The monoisotopic (exact) mass is 312 g/mol. The molecule has 1 saturated heterocycles. The van der Waals surface area contributed by atoms with Crippen molar-refractivity contribution in [3.63, 3.8) is 0 Å². The third-order valence-corrected chi connectivity index (χ3v) is 3.93. The van der Waals surface area contributed by atoms with Crippen LogP contribution < -0.4 is 14.8 Å². The fraction of sp³-hybridized carbons (Fsp3) is 0.533. The van der Waals surface area contributed by atoms with Crippen LogP contribution in [0, 0.1) is 0 Å². The van der Waals surface area contributed by atoms with E-state index in [-0.39, 0.29) is 24.4 Å². The van der Waals surface area contributed by atoms with E-state index in [1.165, 1.54) is 0 Å². The molecule has 1 aromatic carbocycles. The number of rotatable bonds is 2. The summed E-state index contributed by atoms with van der Waals surface area (Å²) in [6.07, 6.45) is 2.17. The highest BCUT2D eigenvalue weighted by Gasteiger charge is 2.24. The number of piperidine rings is 1. The zero-order chi connectivity index (χ0) is 13.9. The maximum absolute atomic E-state index is 12.5. The number of likely N-dealkylation sites (N-methyl/N-ethyl adjacent to an activating group) is 1. The number of carbonyl (C=O) groups is 1. The van der Waals surface area contributed by atoms with Gasteiger partial charge in [0, 0.05) is 25.2 Å². The first-order chi connectivity index (χ1) is 9.75. The van der Waals surface area contributed by atoms with Crippen molar-refractivity contribution in [2.24, 2.45) is 0 Å². The van der Waals surface area contributed by atoms with Crippen LogP contribution in [0.4, 0.5) is 0 Å². The standard InChI is InChI=1S/C15H20N2O3.ClH/c1-17(12-3-2-6-16-10-12)15(18)11-4-5-13-14(9-11)20-8-7-19-13;/h4-5,9,12,16H,2-3,6-8,10H2,1H3;1H/t12-;/m0./s1. The highest BCUT2D eigenvalue weighted by molar-refractivity contribution is 5.95. The first-order valence-electron chi connectivity index (χ1n) is 7.13. The molecule has 0 bridgehead atoms. The zero-order valence-corrected chi connectivity index (χ0v) is 12.9. The minimum absolute atomic E-state index is 0. The first-order valence-corrected chi connectivity index (χ1v) is 7.13. The molecule has 5 nitrogen and oxygen atoms in total. The number of nitrogens with zero attached hydrogens (tertiary/aromatic N) is 1. The SMILES string of the molecule is CN(C(=O)c1ccc2c(c1)OCCO2)[C@H]1CCCNC1.Cl. The number of amides is 1.